The summed E-state index contributed by atoms with van der Waals surface area (Å²) in [5.74, 6) is 0.220. The van der Waals surface area contributed by atoms with Crippen molar-refractivity contribution in [1.29, 1.82) is 0 Å². The molecule has 0 radical (unpaired) electrons. The summed E-state index contributed by atoms with van der Waals surface area (Å²) < 4.78 is 1.59. The predicted octanol–water partition coefficient (Wildman–Crippen LogP) is 2.27. The molecule has 2 aromatic rings. The van der Waals surface area contributed by atoms with Crippen molar-refractivity contribution in [2.75, 3.05) is 5.32 Å². The highest BCUT2D eigenvalue weighted by Crippen LogP contribution is 2.27. The Kier molecular flexibility index (Phi) is 3.28. The molecule has 0 spiro atoms. The molecule has 0 aliphatic heterocycles. The minimum atomic E-state index is -0.498. The first-order valence-electron chi connectivity index (χ1n) is 5.33. The van der Waals surface area contributed by atoms with Gasteiger partial charge in [0, 0.05) is 18.1 Å². The normalized spacial score (nSPS) is 12.4. The number of rotatable bonds is 4. The van der Waals surface area contributed by atoms with Gasteiger partial charge in [0.1, 0.15) is 5.01 Å². The third kappa shape index (κ3) is 2.33. The Morgan fingerprint density at radius 3 is 2.89 bits per heavy atom. The average molecular weight is 267 g/mol. The SMILES string of the molecule is Cc1csc(C(C)Nc2c([N+](=O)[O-])ncn2C)n1. The third-order valence-electron chi connectivity index (χ3n) is 2.45. The van der Waals surface area contributed by atoms with Gasteiger partial charge in [-0.25, -0.2) is 4.98 Å². The van der Waals surface area contributed by atoms with E-state index >= 15 is 0 Å². The maximum atomic E-state index is 10.8. The molecule has 1 atom stereocenters. The van der Waals surface area contributed by atoms with E-state index in [9.17, 15) is 10.1 Å². The zero-order valence-electron chi connectivity index (χ0n) is 10.2. The molecular formula is C10H13N5O2S. The number of nitro groups is 1. The van der Waals surface area contributed by atoms with E-state index in [0.717, 1.165) is 10.7 Å². The molecule has 0 aliphatic carbocycles. The lowest BCUT2D eigenvalue weighted by molar-refractivity contribution is -0.388. The second-order valence-electron chi connectivity index (χ2n) is 3.98. The lowest BCUT2D eigenvalue weighted by atomic mass is 10.3. The Morgan fingerprint density at radius 2 is 2.33 bits per heavy atom. The number of hydrogen-bond donors (Lipinski definition) is 1. The fourth-order valence-corrected chi connectivity index (χ4v) is 2.36. The molecule has 96 valence electrons. The quantitative estimate of drug-likeness (QED) is 0.678. The van der Waals surface area contributed by atoms with Crippen molar-refractivity contribution in [3.8, 4) is 0 Å². The van der Waals surface area contributed by atoms with Crippen LogP contribution in [0, 0.1) is 17.0 Å². The number of imidazole rings is 1. The Labute approximate surface area is 108 Å². The van der Waals surface area contributed by atoms with Gasteiger partial charge >= 0.3 is 5.82 Å². The second kappa shape index (κ2) is 4.73. The largest absolute Gasteiger partial charge is 0.406 e. The van der Waals surface area contributed by atoms with E-state index in [1.54, 1.807) is 11.6 Å². The Morgan fingerprint density at radius 1 is 1.61 bits per heavy atom. The van der Waals surface area contributed by atoms with E-state index in [4.69, 9.17) is 0 Å². The maximum absolute atomic E-state index is 10.8. The maximum Gasteiger partial charge on any atom is 0.406 e. The van der Waals surface area contributed by atoms with Crippen LogP contribution in [0.25, 0.3) is 0 Å². The summed E-state index contributed by atoms with van der Waals surface area (Å²) >= 11 is 1.53. The van der Waals surface area contributed by atoms with Crippen molar-refractivity contribution in [3.63, 3.8) is 0 Å². The fraction of sp³-hybridized carbons (Fsp3) is 0.400. The fourth-order valence-electron chi connectivity index (χ4n) is 1.56. The van der Waals surface area contributed by atoms with Crippen LogP contribution in [0.3, 0.4) is 0 Å². The molecule has 0 saturated carbocycles. The van der Waals surface area contributed by atoms with Gasteiger partial charge in [0.15, 0.2) is 0 Å². The van der Waals surface area contributed by atoms with Gasteiger partial charge in [-0.1, -0.05) is 0 Å². The summed E-state index contributed by atoms with van der Waals surface area (Å²) in [6.07, 6.45) is 1.42. The van der Waals surface area contributed by atoms with Crippen LogP contribution in [0.2, 0.25) is 0 Å². The highest BCUT2D eigenvalue weighted by molar-refractivity contribution is 7.09. The smallest absolute Gasteiger partial charge is 0.358 e. The number of aromatic nitrogens is 3. The minimum Gasteiger partial charge on any atom is -0.358 e. The van der Waals surface area contributed by atoms with Gasteiger partial charge in [-0.3, -0.25) is 4.57 Å². The van der Waals surface area contributed by atoms with E-state index in [1.165, 1.54) is 17.7 Å². The number of nitrogens with zero attached hydrogens (tertiary/aromatic N) is 4. The molecule has 2 aromatic heterocycles. The zero-order chi connectivity index (χ0) is 13.3. The van der Waals surface area contributed by atoms with E-state index < -0.39 is 4.92 Å². The van der Waals surface area contributed by atoms with Crippen molar-refractivity contribution in [2.45, 2.75) is 19.9 Å². The standard InChI is InChI=1S/C10H13N5O2S/c1-6-4-18-10(12-6)7(2)13-9-8(15(16)17)11-5-14(9)3/h4-5,7,13H,1-3H3. The van der Waals surface area contributed by atoms with Crippen LogP contribution in [0.1, 0.15) is 23.7 Å². The van der Waals surface area contributed by atoms with Crippen LogP contribution in [0.15, 0.2) is 11.7 Å². The summed E-state index contributed by atoms with van der Waals surface area (Å²) in [6.45, 7) is 3.83. The first kappa shape index (κ1) is 12.5. The predicted molar refractivity (Wildman–Crippen MR) is 68.8 cm³/mol. The van der Waals surface area contributed by atoms with Crippen molar-refractivity contribution in [3.05, 3.63) is 32.5 Å². The van der Waals surface area contributed by atoms with Crippen LogP contribution in [0.5, 0.6) is 0 Å². The van der Waals surface area contributed by atoms with Crippen molar-refractivity contribution >= 4 is 23.0 Å². The first-order valence-corrected chi connectivity index (χ1v) is 6.21. The summed E-state index contributed by atoms with van der Waals surface area (Å²) in [5.41, 5.74) is 0.947. The van der Waals surface area contributed by atoms with E-state index in [1.807, 2.05) is 19.2 Å². The van der Waals surface area contributed by atoms with Crippen molar-refractivity contribution < 1.29 is 4.92 Å². The number of thiazole rings is 1. The Hall–Kier alpha value is -1.96. The molecule has 0 amide bonds. The molecule has 0 fully saturated rings. The van der Waals surface area contributed by atoms with Gasteiger partial charge in [-0.2, -0.15) is 0 Å². The lowest BCUT2D eigenvalue weighted by Crippen LogP contribution is -2.10. The molecule has 0 aromatic carbocycles. The van der Waals surface area contributed by atoms with Crippen LogP contribution in [-0.4, -0.2) is 19.5 Å². The van der Waals surface area contributed by atoms with Crippen LogP contribution < -0.4 is 5.32 Å². The van der Waals surface area contributed by atoms with Crippen molar-refractivity contribution in [1.82, 2.24) is 14.5 Å². The number of nitrogens with one attached hydrogen (secondary N) is 1. The molecule has 2 heterocycles. The van der Waals surface area contributed by atoms with Gasteiger partial charge in [-0.05, 0) is 23.8 Å². The Bertz CT molecular complexity index is 577. The molecule has 7 nitrogen and oxygen atoms in total. The summed E-state index contributed by atoms with van der Waals surface area (Å²) in [4.78, 5) is 18.4. The van der Waals surface area contributed by atoms with Gasteiger partial charge in [0.2, 0.25) is 12.1 Å². The zero-order valence-corrected chi connectivity index (χ0v) is 11.1. The van der Waals surface area contributed by atoms with Crippen LogP contribution >= 0.6 is 11.3 Å². The minimum absolute atomic E-state index is 0.0993. The monoisotopic (exact) mass is 267 g/mol. The highest BCUT2D eigenvalue weighted by Gasteiger charge is 2.22. The molecular weight excluding hydrogens is 254 g/mol. The first-order chi connectivity index (χ1) is 8.49. The van der Waals surface area contributed by atoms with E-state index in [0.29, 0.717) is 5.82 Å². The molecule has 8 heteroatoms. The molecule has 0 saturated heterocycles. The molecule has 18 heavy (non-hydrogen) atoms. The summed E-state index contributed by atoms with van der Waals surface area (Å²) in [5, 5.41) is 16.8. The molecule has 1 N–H and O–H groups in total. The van der Waals surface area contributed by atoms with Crippen molar-refractivity contribution in [2.24, 2.45) is 7.05 Å². The number of anilines is 1. The third-order valence-corrected chi connectivity index (χ3v) is 3.60. The van der Waals surface area contributed by atoms with Crippen LogP contribution in [0.4, 0.5) is 11.6 Å². The Balaban J connectivity index is 2.23. The topological polar surface area (TPSA) is 85.9 Å². The van der Waals surface area contributed by atoms with Gasteiger partial charge in [0.05, 0.1) is 6.04 Å². The number of aryl methyl sites for hydroxylation is 2. The highest BCUT2D eigenvalue weighted by atomic mass is 32.1. The average Bonchev–Trinajstić information content (AvgIpc) is 2.87. The van der Waals surface area contributed by atoms with Crippen LogP contribution in [-0.2, 0) is 7.05 Å². The molecule has 0 aliphatic rings. The lowest BCUT2D eigenvalue weighted by Gasteiger charge is -2.11. The van der Waals surface area contributed by atoms with Gasteiger partial charge in [0.25, 0.3) is 0 Å². The van der Waals surface area contributed by atoms with Gasteiger partial charge in [-0.15, -0.1) is 11.3 Å². The number of hydrogen-bond acceptors (Lipinski definition) is 6. The van der Waals surface area contributed by atoms with Gasteiger partial charge < -0.3 is 15.4 Å². The van der Waals surface area contributed by atoms with E-state index in [2.05, 4.69) is 15.3 Å². The summed E-state index contributed by atoms with van der Waals surface area (Å²) in [6, 6.07) is -0.0993. The molecule has 0 bridgehead atoms. The summed E-state index contributed by atoms with van der Waals surface area (Å²) in [7, 11) is 1.71. The molecule has 1 unspecified atom stereocenters. The molecule has 2 rings (SSSR count). The second-order valence-corrected chi connectivity index (χ2v) is 4.87. The van der Waals surface area contributed by atoms with E-state index in [-0.39, 0.29) is 11.9 Å².